The molecule has 0 saturated carbocycles. The van der Waals surface area contributed by atoms with Gasteiger partial charge in [-0.1, -0.05) is 13.8 Å². The highest BCUT2D eigenvalue weighted by molar-refractivity contribution is 8.01. The predicted octanol–water partition coefficient (Wildman–Crippen LogP) is 4.24. The van der Waals surface area contributed by atoms with Crippen molar-refractivity contribution in [2.45, 2.75) is 24.0 Å². The van der Waals surface area contributed by atoms with Crippen LogP contribution in [0.25, 0.3) is 21.5 Å². The Balaban J connectivity index is 2.08. The highest BCUT2D eigenvalue weighted by atomic mass is 32.2. The number of ether oxygens (including phenoxy) is 1. The molecule has 3 aromatic heterocycles. The van der Waals surface area contributed by atoms with Gasteiger partial charge < -0.3 is 15.8 Å². The van der Waals surface area contributed by atoms with Gasteiger partial charge in [-0.15, -0.1) is 23.1 Å². The van der Waals surface area contributed by atoms with Crippen molar-refractivity contribution in [3.8, 4) is 11.3 Å². The van der Waals surface area contributed by atoms with Crippen molar-refractivity contribution >= 4 is 45.0 Å². The normalized spacial score (nSPS) is 11.4. The molecule has 0 unspecified atom stereocenters. The van der Waals surface area contributed by atoms with Gasteiger partial charge in [-0.3, -0.25) is 0 Å². The minimum Gasteiger partial charge on any atom is -0.397 e. The summed E-state index contributed by atoms with van der Waals surface area (Å²) in [4.78, 5) is 14.4. The number of nitrogens with zero attached hydrogens (tertiary/aromatic N) is 3. The standard InChI is InChI=1S/C18H23N5OS2/c1-10(2)12-7-13(11-8-21-18(20-3)22-9-11)23-16-14(12)15(19)17(26-16)25-6-5-24-4/h7-10H,5-6,19H2,1-4H3,(H,20,21,22). The first-order valence-corrected chi connectivity index (χ1v) is 10.2. The molecular weight excluding hydrogens is 366 g/mol. The van der Waals surface area contributed by atoms with Gasteiger partial charge in [0, 0.05) is 43.3 Å². The number of hydrogen-bond donors (Lipinski definition) is 2. The Hall–Kier alpha value is -1.90. The zero-order chi connectivity index (χ0) is 18.7. The highest BCUT2D eigenvalue weighted by Crippen LogP contribution is 2.43. The number of pyridine rings is 1. The van der Waals surface area contributed by atoms with Gasteiger partial charge >= 0.3 is 0 Å². The van der Waals surface area contributed by atoms with Crippen molar-refractivity contribution in [3.63, 3.8) is 0 Å². The quantitative estimate of drug-likeness (QED) is 0.462. The van der Waals surface area contributed by atoms with Crippen LogP contribution in [0.3, 0.4) is 0 Å². The van der Waals surface area contributed by atoms with E-state index in [2.05, 4.69) is 35.2 Å². The maximum absolute atomic E-state index is 6.46. The number of nitrogens with one attached hydrogen (secondary N) is 1. The summed E-state index contributed by atoms with van der Waals surface area (Å²) >= 11 is 3.36. The molecule has 138 valence electrons. The molecule has 0 bridgehead atoms. The molecule has 0 amide bonds. The number of aromatic nitrogens is 3. The molecule has 0 aromatic carbocycles. The molecule has 0 fully saturated rings. The zero-order valence-corrected chi connectivity index (χ0v) is 17.0. The van der Waals surface area contributed by atoms with Gasteiger partial charge in [-0.25, -0.2) is 15.0 Å². The SMILES string of the molecule is CNc1ncc(-c2cc(C(C)C)c3c(N)c(SCCOC)sc3n2)cn1. The molecule has 0 spiro atoms. The Morgan fingerprint density at radius 2 is 2.04 bits per heavy atom. The minimum absolute atomic E-state index is 0.338. The Morgan fingerprint density at radius 1 is 1.31 bits per heavy atom. The minimum atomic E-state index is 0.338. The summed E-state index contributed by atoms with van der Waals surface area (Å²) in [6, 6.07) is 2.11. The Kier molecular flexibility index (Phi) is 5.95. The fourth-order valence-electron chi connectivity index (χ4n) is 2.65. The lowest BCUT2D eigenvalue weighted by atomic mass is 9.98. The van der Waals surface area contributed by atoms with Crippen LogP contribution in [-0.4, -0.2) is 41.5 Å². The topological polar surface area (TPSA) is 86.0 Å². The maximum Gasteiger partial charge on any atom is 0.222 e. The van der Waals surface area contributed by atoms with Crippen molar-refractivity contribution in [2.75, 3.05) is 37.6 Å². The van der Waals surface area contributed by atoms with E-state index >= 15 is 0 Å². The molecule has 0 aliphatic rings. The van der Waals surface area contributed by atoms with Crippen LogP contribution in [-0.2, 0) is 4.74 Å². The van der Waals surface area contributed by atoms with Crippen molar-refractivity contribution in [1.29, 1.82) is 0 Å². The smallest absolute Gasteiger partial charge is 0.222 e. The molecule has 8 heteroatoms. The van der Waals surface area contributed by atoms with Crippen LogP contribution in [0.1, 0.15) is 25.3 Å². The van der Waals surface area contributed by atoms with Gasteiger partial charge in [0.05, 0.1) is 22.2 Å². The monoisotopic (exact) mass is 389 g/mol. The molecule has 3 N–H and O–H groups in total. The molecule has 3 rings (SSSR count). The molecule has 3 aromatic rings. The van der Waals surface area contributed by atoms with E-state index in [9.17, 15) is 0 Å². The number of hydrogen-bond acceptors (Lipinski definition) is 8. The molecule has 26 heavy (non-hydrogen) atoms. The number of fused-ring (bicyclic) bond motifs is 1. The lowest BCUT2D eigenvalue weighted by Crippen LogP contribution is -1.98. The Labute approximate surface area is 161 Å². The largest absolute Gasteiger partial charge is 0.397 e. The Morgan fingerprint density at radius 3 is 2.65 bits per heavy atom. The van der Waals surface area contributed by atoms with Gasteiger partial charge in [0.2, 0.25) is 5.95 Å². The van der Waals surface area contributed by atoms with Crippen LogP contribution in [0.5, 0.6) is 0 Å². The van der Waals surface area contributed by atoms with Gasteiger partial charge in [0.1, 0.15) is 4.83 Å². The van der Waals surface area contributed by atoms with Gasteiger partial charge in [-0.05, 0) is 17.5 Å². The van der Waals surface area contributed by atoms with Crippen LogP contribution in [0, 0.1) is 0 Å². The first kappa shape index (κ1) is 18.9. The number of nitrogen functional groups attached to an aromatic ring is 1. The van der Waals surface area contributed by atoms with Gasteiger partial charge in [-0.2, -0.15) is 0 Å². The van der Waals surface area contributed by atoms with E-state index in [0.717, 1.165) is 37.1 Å². The van der Waals surface area contributed by atoms with Crippen molar-refractivity contribution in [2.24, 2.45) is 0 Å². The number of rotatable bonds is 7. The average Bonchev–Trinajstić information content (AvgIpc) is 2.97. The van der Waals surface area contributed by atoms with Crippen LogP contribution in [0.2, 0.25) is 0 Å². The molecule has 6 nitrogen and oxygen atoms in total. The maximum atomic E-state index is 6.46. The summed E-state index contributed by atoms with van der Waals surface area (Å²) in [5, 5.41) is 4.00. The predicted molar refractivity (Wildman–Crippen MR) is 111 cm³/mol. The van der Waals surface area contributed by atoms with Crippen molar-refractivity contribution in [3.05, 3.63) is 24.0 Å². The number of thiophene rings is 1. The molecular formula is C18H23N5OS2. The van der Waals surface area contributed by atoms with E-state index < -0.39 is 0 Å². The number of methoxy groups -OCH3 is 1. The average molecular weight is 390 g/mol. The molecule has 0 radical (unpaired) electrons. The number of thioether (sulfide) groups is 1. The van der Waals surface area contributed by atoms with Crippen molar-refractivity contribution in [1.82, 2.24) is 15.0 Å². The van der Waals surface area contributed by atoms with Gasteiger partial charge in [0.15, 0.2) is 0 Å². The highest BCUT2D eigenvalue weighted by Gasteiger charge is 2.18. The zero-order valence-electron chi connectivity index (χ0n) is 15.4. The summed E-state index contributed by atoms with van der Waals surface area (Å²) in [5.41, 5.74) is 10.3. The third-order valence-electron chi connectivity index (χ3n) is 4.01. The summed E-state index contributed by atoms with van der Waals surface area (Å²) in [6.07, 6.45) is 3.59. The molecule has 3 heterocycles. The van der Waals surface area contributed by atoms with E-state index in [0.29, 0.717) is 18.5 Å². The second-order valence-electron chi connectivity index (χ2n) is 6.12. The van der Waals surface area contributed by atoms with E-state index in [1.54, 1.807) is 49.6 Å². The number of anilines is 2. The first-order chi connectivity index (χ1) is 12.5. The van der Waals surface area contributed by atoms with E-state index in [1.807, 2.05) is 0 Å². The van der Waals surface area contributed by atoms with Crippen LogP contribution < -0.4 is 11.1 Å². The second kappa shape index (κ2) is 8.20. The summed E-state index contributed by atoms with van der Waals surface area (Å²) in [5.74, 6) is 1.80. The lowest BCUT2D eigenvalue weighted by molar-refractivity contribution is 0.218. The van der Waals surface area contributed by atoms with Crippen LogP contribution in [0.4, 0.5) is 11.6 Å². The van der Waals surface area contributed by atoms with E-state index in [1.165, 1.54) is 5.56 Å². The Bertz CT molecular complexity index is 893. The van der Waals surface area contributed by atoms with E-state index in [4.69, 9.17) is 15.5 Å². The van der Waals surface area contributed by atoms with Gasteiger partial charge in [0.25, 0.3) is 0 Å². The third kappa shape index (κ3) is 3.77. The second-order valence-corrected chi connectivity index (χ2v) is 8.48. The fraction of sp³-hybridized carbons (Fsp3) is 0.389. The van der Waals surface area contributed by atoms with Crippen molar-refractivity contribution < 1.29 is 4.74 Å². The molecule has 0 atom stereocenters. The summed E-state index contributed by atoms with van der Waals surface area (Å²) < 4.78 is 6.25. The van der Waals surface area contributed by atoms with Crippen LogP contribution in [0.15, 0.2) is 22.7 Å². The van der Waals surface area contributed by atoms with E-state index in [-0.39, 0.29) is 0 Å². The fourth-order valence-corrected chi connectivity index (χ4v) is 4.92. The third-order valence-corrected chi connectivity index (χ3v) is 6.36. The lowest BCUT2D eigenvalue weighted by Gasteiger charge is -2.11. The summed E-state index contributed by atoms with van der Waals surface area (Å²) in [6.45, 7) is 5.05. The first-order valence-electron chi connectivity index (χ1n) is 8.40. The molecule has 0 saturated heterocycles. The summed E-state index contributed by atoms with van der Waals surface area (Å²) in [7, 11) is 3.51. The molecule has 0 aliphatic heterocycles. The van der Waals surface area contributed by atoms with Crippen LogP contribution >= 0.6 is 23.1 Å². The molecule has 0 aliphatic carbocycles. The number of nitrogens with two attached hydrogens (primary N) is 1.